The van der Waals surface area contributed by atoms with Crippen LogP contribution in [-0.4, -0.2) is 18.5 Å². The molecule has 0 radical (unpaired) electrons. The Labute approximate surface area is 133 Å². The van der Waals surface area contributed by atoms with Crippen LogP contribution in [0.4, 0.5) is 4.39 Å². The molecule has 0 spiro atoms. The van der Waals surface area contributed by atoms with Crippen molar-refractivity contribution in [3.05, 3.63) is 46.6 Å². The zero-order valence-corrected chi connectivity index (χ0v) is 13.5. The first-order valence-electron chi connectivity index (χ1n) is 6.38. The summed E-state index contributed by atoms with van der Waals surface area (Å²) in [6.45, 7) is 4.21. The molecular weight excluding hydrogens is 311 g/mol. The van der Waals surface area contributed by atoms with Gasteiger partial charge in [0.25, 0.3) is 5.91 Å². The Morgan fingerprint density at radius 1 is 1.38 bits per heavy atom. The number of rotatable bonds is 4. The van der Waals surface area contributed by atoms with Gasteiger partial charge in [0.15, 0.2) is 0 Å². The molecule has 1 atom stereocenters. The molecule has 2 rings (SSSR count). The molecule has 1 aromatic heterocycles. The Morgan fingerprint density at radius 3 is 2.57 bits per heavy atom. The highest BCUT2D eigenvalue weighted by molar-refractivity contribution is 7.17. The first-order chi connectivity index (χ1) is 9.51. The molecule has 0 fully saturated rings. The van der Waals surface area contributed by atoms with Crippen molar-refractivity contribution in [1.29, 1.82) is 0 Å². The fraction of sp³-hybridized carbons (Fsp3) is 0.267. The summed E-state index contributed by atoms with van der Waals surface area (Å²) in [5, 5.41) is 2.83. The van der Waals surface area contributed by atoms with Crippen LogP contribution in [0.15, 0.2) is 30.3 Å². The molecule has 0 aliphatic rings. The number of carbonyl (C=O) groups excluding carboxylic acids is 1. The zero-order chi connectivity index (χ0) is 14.7. The third-order valence-electron chi connectivity index (χ3n) is 2.98. The average molecular weight is 329 g/mol. The second kappa shape index (κ2) is 7.54. The fourth-order valence-corrected chi connectivity index (χ4v) is 2.92. The predicted molar refractivity (Wildman–Crippen MR) is 87.7 cm³/mol. The van der Waals surface area contributed by atoms with Gasteiger partial charge in [-0.15, -0.1) is 23.7 Å². The van der Waals surface area contributed by atoms with Crippen LogP contribution in [0, 0.1) is 12.7 Å². The first-order valence-corrected chi connectivity index (χ1v) is 7.20. The highest BCUT2D eigenvalue weighted by Gasteiger charge is 2.15. The minimum absolute atomic E-state index is 0. The molecule has 0 unspecified atom stereocenters. The van der Waals surface area contributed by atoms with Crippen molar-refractivity contribution in [1.82, 2.24) is 5.32 Å². The van der Waals surface area contributed by atoms with Gasteiger partial charge in [-0.05, 0) is 43.2 Å². The lowest BCUT2D eigenvalue weighted by Crippen LogP contribution is -2.37. The summed E-state index contributed by atoms with van der Waals surface area (Å²) in [6.07, 6.45) is 0. The summed E-state index contributed by atoms with van der Waals surface area (Å²) in [5.41, 5.74) is 7.42. The second-order valence-corrected chi connectivity index (χ2v) is 5.79. The number of benzene rings is 1. The van der Waals surface area contributed by atoms with E-state index >= 15 is 0 Å². The molecule has 1 aromatic carbocycles. The molecule has 2 aromatic rings. The minimum atomic E-state index is -0.266. The molecule has 1 heterocycles. The van der Waals surface area contributed by atoms with E-state index in [0.717, 1.165) is 16.0 Å². The Balaban J connectivity index is 0.00000220. The van der Waals surface area contributed by atoms with Crippen LogP contribution in [0.3, 0.4) is 0 Å². The molecule has 0 saturated carbocycles. The number of aryl methyl sites for hydroxylation is 1. The van der Waals surface area contributed by atoms with E-state index in [1.54, 1.807) is 12.1 Å². The maximum atomic E-state index is 12.9. The molecule has 0 bridgehead atoms. The topological polar surface area (TPSA) is 55.1 Å². The molecular formula is C15H18ClFN2OS. The Bertz CT molecular complexity index is 613. The van der Waals surface area contributed by atoms with Crippen molar-refractivity contribution in [2.75, 3.05) is 6.54 Å². The smallest absolute Gasteiger partial charge is 0.261 e. The number of thiophene rings is 1. The highest BCUT2D eigenvalue weighted by Crippen LogP contribution is 2.32. The van der Waals surface area contributed by atoms with Crippen molar-refractivity contribution in [2.24, 2.45) is 5.73 Å². The average Bonchev–Trinajstić information content (AvgIpc) is 2.81. The van der Waals surface area contributed by atoms with Crippen LogP contribution in [-0.2, 0) is 0 Å². The summed E-state index contributed by atoms with van der Waals surface area (Å²) in [6, 6.07) is 8.08. The monoisotopic (exact) mass is 328 g/mol. The molecule has 3 N–H and O–H groups in total. The Hall–Kier alpha value is -1.43. The Morgan fingerprint density at radius 2 is 2.00 bits per heavy atom. The van der Waals surface area contributed by atoms with Crippen molar-refractivity contribution >= 4 is 29.7 Å². The maximum absolute atomic E-state index is 12.9. The largest absolute Gasteiger partial charge is 0.348 e. The van der Waals surface area contributed by atoms with Gasteiger partial charge in [0.2, 0.25) is 0 Å². The first kappa shape index (κ1) is 17.6. The summed E-state index contributed by atoms with van der Waals surface area (Å²) >= 11 is 1.40. The molecule has 0 aliphatic carbocycles. The predicted octanol–water partition coefficient (Wildman–Crippen LogP) is 3.36. The molecule has 3 nitrogen and oxygen atoms in total. The third-order valence-corrected chi connectivity index (χ3v) is 4.26. The molecule has 0 saturated heterocycles. The molecule has 6 heteroatoms. The van der Waals surface area contributed by atoms with Crippen LogP contribution in [0.5, 0.6) is 0 Å². The number of hydrogen-bond donors (Lipinski definition) is 2. The highest BCUT2D eigenvalue weighted by atomic mass is 35.5. The van der Waals surface area contributed by atoms with E-state index < -0.39 is 0 Å². The fourth-order valence-electron chi connectivity index (χ4n) is 1.84. The minimum Gasteiger partial charge on any atom is -0.348 e. The van der Waals surface area contributed by atoms with Crippen LogP contribution in [0.1, 0.15) is 22.2 Å². The van der Waals surface area contributed by atoms with Gasteiger partial charge in [-0.25, -0.2) is 4.39 Å². The van der Waals surface area contributed by atoms with E-state index in [-0.39, 0.29) is 30.2 Å². The summed E-state index contributed by atoms with van der Waals surface area (Å²) in [4.78, 5) is 13.7. The van der Waals surface area contributed by atoms with Gasteiger partial charge in [0.05, 0.1) is 4.88 Å². The van der Waals surface area contributed by atoms with E-state index in [1.165, 1.54) is 23.5 Å². The van der Waals surface area contributed by atoms with Gasteiger partial charge >= 0.3 is 0 Å². The zero-order valence-electron chi connectivity index (χ0n) is 11.9. The third kappa shape index (κ3) is 4.27. The summed E-state index contributed by atoms with van der Waals surface area (Å²) in [5.74, 6) is -0.387. The normalized spacial score (nSPS) is 11.6. The van der Waals surface area contributed by atoms with Crippen LogP contribution < -0.4 is 11.1 Å². The number of carbonyl (C=O) groups is 1. The van der Waals surface area contributed by atoms with Gasteiger partial charge in [-0.2, -0.15) is 0 Å². The van der Waals surface area contributed by atoms with Gasteiger partial charge < -0.3 is 11.1 Å². The van der Waals surface area contributed by atoms with Gasteiger partial charge in [-0.1, -0.05) is 12.1 Å². The van der Waals surface area contributed by atoms with E-state index in [9.17, 15) is 9.18 Å². The summed E-state index contributed by atoms with van der Waals surface area (Å²) < 4.78 is 12.9. The molecule has 114 valence electrons. The standard InChI is InChI=1S/C15H17FN2OS.ClH/c1-9-7-13(15(19)18-10(2)8-17)20-14(9)11-3-5-12(16)6-4-11;/h3-7,10H,8,17H2,1-2H3,(H,18,19);1H/t10-;/m0./s1. The lowest BCUT2D eigenvalue weighted by molar-refractivity contribution is 0.0945. The van der Waals surface area contributed by atoms with Crippen molar-refractivity contribution in [3.8, 4) is 10.4 Å². The molecule has 1 amide bonds. The number of halogens is 2. The van der Waals surface area contributed by atoms with Crippen molar-refractivity contribution in [2.45, 2.75) is 19.9 Å². The molecule has 0 aliphatic heterocycles. The van der Waals surface area contributed by atoms with Gasteiger partial charge in [0, 0.05) is 17.5 Å². The van der Waals surface area contributed by atoms with Crippen LogP contribution >= 0.6 is 23.7 Å². The lowest BCUT2D eigenvalue weighted by atomic mass is 10.1. The quantitative estimate of drug-likeness (QED) is 0.904. The number of hydrogen-bond acceptors (Lipinski definition) is 3. The second-order valence-electron chi connectivity index (χ2n) is 4.74. The van der Waals surface area contributed by atoms with Crippen LogP contribution in [0.2, 0.25) is 0 Å². The van der Waals surface area contributed by atoms with E-state index in [1.807, 2.05) is 19.9 Å². The number of nitrogens with one attached hydrogen (secondary N) is 1. The maximum Gasteiger partial charge on any atom is 0.261 e. The van der Waals surface area contributed by atoms with E-state index in [2.05, 4.69) is 5.32 Å². The van der Waals surface area contributed by atoms with Crippen molar-refractivity contribution in [3.63, 3.8) is 0 Å². The Kier molecular flexibility index (Phi) is 6.33. The van der Waals surface area contributed by atoms with Crippen molar-refractivity contribution < 1.29 is 9.18 Å². The van der Waals surface area contributed by atoms with E-state index in [0.29, 0.717) is 11.4 Å². The summed E-state index contributed by atoms with van der Waals surface area (Å²) in [7, 11) is 0. The number of nitrogens with two attached hydrogens (primary N) is 1. The van der Waals surface area contributed by atoms with Gasteiger partial charge in [0.1, 0.15) is 5.82 Å². The van der Waals surface area contributed by atoms with Gasteiger partial charge in [-0.3, -0.25) is 4.79 Å². The van der Waals surface area contributed by atoms with Crippen LogP contribution in [0.25, 0.3) is 10.4 Å². The number of amides is 1. The van der Waals surface area contributed by atoms with E-state index in [4.69, 9.17) is 5.73 Å². The SMILES string of the molecule is Cc1cc(C(=O)N[C@@H](C)CN)sc1-c1ccc(F)cc1.Cl. The molecule has 21 heavy (non-hydrogen) atoms. The lowest BCUT2D eigenvalue weighted by Gasteiger charge is -2.09.